The third-order valence-corrected chi connectivity index (χ3v) is 9.26. The van der Waals surface area contributed by atoms with Crippen molar-refractivity contribution < 1.29 is 22.7 Å². The highest BCUT2D eigenvalue weighted by atomic mass is 35.5. The van der Waals surface area contributed by atoms with E-state index in [1.165, 1.54) is 27.8 Å². The van der Waals surface area contributed by atoms with Gasteiger partial charge in [0.15, 0.2) is 16.3 Å². The summed E-state index contributed by atoms with van der Waals surface area (Å²) in [5.41, 5.74) is 0.827. The first-order valence-corrected chi connectivity index (χ1v) is 13.7. The lowest BCUT2D eigenvalue weighted by Crippen LogP contribution is -2.40. The Kier molecular flexibility index (Phi) is 6.59. The first-order valence-electron chi connectivity index (χ1n) is 11.1. The van der Waals surface area contributed by atoms with E-state index in [4.69, 9.17) is 27.5 Å². The quantitative estimate of drug-likeness (QED) is 0.482. The molecule has 0 atom stereocenters. The Balaban J connectivity index is 1.37. The number of hydrogen-bond donors (Lipinski definition) is 0. The molecule has 0 spiro atoms. The SMILES string of the molecule is C#CCn1c(=NC(=O)C2CCN(S(=O)(=O)c3ccc(Cl)cc3)CC2)sc2cc3c(cc21)OCCO3. The van der Waals surface area contributed by atoms with Crippen molar-refractivity contribution in [3.63, 3.8) is 0 Å². The van der Waals surface area contributed by atoms with Crippen LogP contribution in [0.1, 0.15) is 12.8 Å². The number of benzene rings is 2. The molecule has 5 rings (SSSR count). The number of carbonyl (C=O) groups is 1. The molecule has 2 aliphatic rings. The molecule has 0 bridgehead atoms. The lowest BCUT2D eigenvalue weighted by Gasteiger charge is -2.29. The summed E-state index contributed by atoms with van der Waals surface area (Å²) in [7, 11) is -3.64. The molecule has 2 aliphatic heterocycles. The van der Waals surface area contributed by atoms with E-state index in [9.17, 15) is 13.2 Å². The van der Waals surface area contributed by atoms with Crippen LogP contribution < -0.4 is 14.3 Å². The van der Waals surface area contributed by atoms with Crippen molar-refractivity contribution in [1.82, 2.24) is 8.87 Å². The van der Waals surface area contributed by atoms with Crippen LogP contribution in [0.5, 0.6) is 11.5 Å². The monoisotopic (exact) mass is 531 g/mol. The molecule has 3 aromatic rings. The van der Waals surface area contributed by atoms with Gasteiger partial charge in [-0.15, -0.1) is 6.42 Å². The minimum absolute atomic E-state index is 0.188. The fourth-order valence-corrected chi connectivity index (χ4v) is 6.86. The van der Waals surface area contributed by atoms with Gasteiger partial charge in [0.25, 0.3) is 5.91 Å². The predicted octanol–water partition coefficient (Wildman–Crippen LogP) is 3.29. The van der Waals surface area contributed by atoms with E-state index in [0.717, 1.165) is 10.2 Å². The number of fused-ring (bicyclic) bond motifs is 2. The van der Waals surface area contributed by atoms with Gasteiger partial charge in [-0.05, 0) is 37.1 Å². The third kappa shape index (κ3) is 4.69. The Morgan fingerprint density at radius 2 is 1.80 bits per heavy atom. The zero-order valence-corrected chi connectivity index (χ0v) is 21.0. The number of piperidine rings is 1. The van der Waals surface area contributed by atoms with Crippen molar-refractivity contribution >= 4 is 49.1 Å². The second kappa shape index (κ2) is 9.66. The van der Waals surface area contributed by atoms with Gasteiger partial charge in [-0.3, -0.25) is 4.79 Å². The standard InChI is InChI=1S/C24H22ClN3O5S2/c1-2-9-28-19-14-20-21(33-13-12-32-20)15-22(19)34-24(28)26-23(29)16-7-10-27(11-8-16)35(30,31)18-5-3-17(25)4-6-18/h1,3-6,14-16H,7-13H2. The van der Waals surface area contributed by atoms with Crippen LogP contribution in [0.2, 0.25) is 5.02 Å². The molecule has 182 valence electrons. The maximum Gasteiger partial charge on any atom is 0.251 e. The van der Waals surface area contributed by atoms with E-state index in [0.29, 0.717) is 47.4 Å². The number of aromatic nitrogens is 1. The lowest BCUT2D eigenvalue weighted by atomic mass is 9.98. The van der Waals surface area contributed by atoms with Gasteiger partial charge in [0.05, 0.1) is 21.7 Å². The number of sulfonamides is 1. The number of halogens is 1. The molecule has 35 heavy (non-hydrogen) atoms. The molecule has 2 aromatic carbocycles. The first kappa shape index (κ1) is 23.9. The summed E-state index contributed by atoms with van der Waals surface area (Å²) < 4.78 is 41.3. The Morgan fingerprint density at radius 1 is 1.14 bits per heavy atom. The maximum absolute atomic E-state index is 13.1. The van der Waals surface area contributed by atoms with Crippen molar-refractivity contribution in [2.75, 3.05) is 26.3 Å². The highest BCUT2D eigenvalue weighted by Gasteiger charge is 2.32. The molecule has 1 aromatic heterocycles. The fourth-order valence-electron chi connectivity index (χ4n) is 4.22. The average molecular weight is 532 g/mol. The van der Waals surface area contributed by atoms with E-state index >= 15 is 0 Å². The third-order valence-electron chi connectivity index (χ3n) is 6.06. The van der Waals surface area contributed by atoms with Crippen molar-refractivity contribution in [2.24, 2.45) is 10.9 Å². The van der Waals surface area contributed by atoms with Crippen LogP contribution in [0.4, 0.5) is 0 Å². The van der Waals surface area contributed by atoms with E-state index < -0.39 is 10.0 Å². The molecule has 0 aliphatic carbocycles. The second-order valence-electron chi connectivity index (χ2n) is 8.22. The Labute approximate surface area is 211 Å². The van der Waals surface area contributed by atoms with Gasteiger partial charge in [-0.2, -0.15) is 9.30 Å². The molecular formula is C24H22ClN3O5S2. The summed E-state index contributed by atoms with van der Waals surface area (Å²) in [5, 5.41) is 0.471. The van der Waals surface area contributed by atoms with Crippen molar-refractivity contribution in [1.29, 1.82) is 0 Å². The molecular weight excluding hydrogens is 510 g/mol. The molecule has 0 saturated carbocycles. The van der Waals surface area contributed by atoms with Crippen LogP contribution in [0.15, 0.2) is 46.3 Å². The summed E-state index contributed by atoms with van der Waals surface area (Å²) in [6.45, 7) is 1.70. The first-order chi connectivity index (χ1) is 16.9. The van der Waals surface area contributed by atoms with Crippen LogP contribution >= 0.6 is 22.9 Å². The number of rotatable bonds is 4. The number of terminal acetylenes is 1. The van der Waals surface area contributed by atoms with Gasteiger partial charge in [0, 0.05) is 36.2 Å². The predicted molar refractivity (Wildman–Crippen MR) is 133 cm³/mol. The van der Waals surface area contributed by atoms with Crippen molar-refractivity contribution in [2.45, 2.75) is 24.3 Å². The number of thiazole rings is 1. The number of nitrogens with zero attached hydrogens (tertiary/aromatic N) is 3. The summed E-state index contributed by atoms with van der Waals surface area (Å²) in [6.07, 6.45) is 6.37. The van der Waals surface area contributed by atoms with Gasteiger partial charge in [0.2, 0.25) is 10.0 Å². The van der Waals surface area contributed by atoms with Gasteiger partial charge in [0.1, 0.15) is 13.2 Å². The highest BCUT2D eigenvalue weighted by molar-refractivity contribution is 7.89. The minimum atomic E-state index is -3.64. The zero-order chi connectivity index (χ0) is 24.6. The van der Waals surface area contributed by atoms with Crippen molar-refractivity contribution in [3.05, 3.63) is 46.2 Å². The van der Waals surface area contributed by atoms with Crippen LogP contribution in [-0.2, 0) is 21.4 Å². The maximum atomic E-state index is 13.1. The van der Waals surface area contributed by atoms with Crippen LogP contribution in [0.25, 0.3) is 10.2 Å². The lowest BCUT2D eigenvalue weighted by molar-refractivity contribution is -0.122. The largest absolute Gasteiger partial charge is 0.486 e. The van der Waals surface area contributed by atoms with Crippen LogP contribution in [0.3, 0.4) is 0 Å². The summed E-state index contributed by atoms with van der Waals surface area (Å²) in [5.74, 6) is 3.28. The summed E-state index contributed by atoms with van der Waals surface area (Å²) in [4.78, 5) is 18.2. The molecule has 11 heteroatoms. The molecule has 3 heterocycles. The van der Waals surface area contributed by atoms with E-state index in [-0.39, 0.29) is 36.4 Å². The number of hydrogen-bond acceptors (Lipinski definition) is 6. The van der Waals surface area contributed by atoms with Gasteiger partial charge < -0.3 is 14.0 Å². The van der Waals surface area contributed by atoms with E-state index in [2.05, 4.69) is 10.9 Å². The molecule has 1 fully saturated rings. The molecule has 0 unspecified atom stereocenters. The Bertz CT molecular complexity index is 1490. The highest BCUT2D eigenvalue weighted by Crippen LogP contribution is 2.35. The fraction of sp³-hybridized carbons (Fsp3) is 0.333. The molecule has 8 nitrogen and oxygen atoms in total. The molecule has 0 radical (unpaired) electrons. The van der Waals surface area contributed by atoms with Gasteiger partial charge in [-0.25, -0.2) is 8.42 Å². The summed E-state index contributed by atoms with van der Waals surface area (Å²) >= 11 is 7.24. The van der Waals surface area contributed by atoms with E-state index in [1.807, 2.05) is 16.7 Å². The molecule has 0 N–H and O–H groups in total. The van der Waals surface area contributed by atoms with Crippen LogP contribution in [-0.4, -0.2) is 49.5 Å². The summed E-state index contributed by atoms with van der Waals surface area (Å²) in [6, 6.07) is 9.82. The number of ether oxygens (including phenoxy) is 2. The number of carbonyl (C=O) groups excluding carboxylic acids is 1. The van der Waals surface area contributed by atoms with Crippen LogP contribution in [0, 0.1) is 18.3 Å². The molecule has 1 amide bonds. The number of amides is 1. The minimum Gasteiger partial charge on any atom is -0.486 e. The average Bonchev–Trinajstić information content (AvgIpc) is 3.18. The van der Waals surface area contributed by atoms with Gasteiger partial charge in [-0.1, -0.05) is 28.9 Å². The Morgan fingerprint density at radius 3 is 2.46 bits per heavy atom. The second-order valence-corrected chi connectivity index (χ2v) is 11.6. The van der Waals surface area contributed by atoms with Gasteiger partial charge >= 0.3 is 0 Å². The topological polar surface area (TPSA) is 90.2 Å². The van der Waals surface area contributed by atoms with Crippen molar-refractivity contribution in [3.8, 4) is 23.8 Å². The van der Waals surface area contributed by atoms with E-state index in [1.54, 1.807) is 12.1 Å². The smallest absolute Gasteiger partial charge is 0.251 e. The zero-order valence-electron chi connectivity index (χ0n) is 18.6. The normalized spacial score (nSPS) is 17.4. The molecule has 1 saturated heterocycles. The Hall–Kier alpha value is -2.84.